The molecular weight excluding hydrogens is 262 g/mol. The van der Waals surface area contributed by atoms with Gasteiger partial charge in [-0.05, 0) is 9.91 Å². The predicted molar refractivity (Wildman–Crippen MR) is 52.2 cm³/mol. The first kappa shape index (κ1) is 13.2. The van der Waals surface area contributed by atoms with Gasteiger partial charge in [0.2, 0.25) is 0 Å². The number of esters is 1. The molecule has 0 aliphatic rings. The van der Waals surface area contributed by atoms with Crippen molar-refractivity contribution in [3.05, 3.63) is 32.5 Å². The second kappa shape index (κ2) is 5.00. The van der Waals surface area contributed by atoms with E-state index in [-0.39, 0.29) is 0 Å². The predicted octanol–water partition coefficient (Wildman–Crippen LogP) is 2.37. The lowest BCUT2D eigenvalue weighted by Gasteiger charge is -2.04. The van der Waals surface area contributed by atoms with Crippen LogP contribution in [0.5, 0.6) is 0 Å². The van der Waals surface area contributed by atoms with Gasteiger partial charge < -0.3 is 14.9 Å². The number of methoxy groups -OCH3 is 1. The summed E-state index contributed by atoms with van der Waals surface area (Å²) < 4.78 is 29.3. The summed E-state index contributed by atoms with van der Waals surface area (Å²) in [5, 5.41) is 9.80. The number of aromatic nitrogens is 1. The Kier molecular flexibility index (Phi) is 3.89. The number of nitrogens with zero attached hydrogens (tertiary/aromatic N) is 2. The highest BCUT2D eigenvalue weighted by Gasteiger charge is 2.29. The number of ether oxygens (including phenoxy) is 1. The first-order valence-corrected chi connectivity index (χ1v) is 4.47. The van der Waals surface area contributed by atoms with Crippen molar-refractivity contribution in [3.8, 4) is 0 Å². The average molecular weight is 267 g/mol. The van der Waals surface area contributed by atoms with Gasteiger partial charge in [-0.3, -0.25) is 0 Å². The SMILES string of the molecule is COC(=O)c1nc([N+](=O)[O-])cc(C(F)F)c1Cl. The molecule has 9 heteroatoms. The fraction of sp³-hybridized carbons (Fsp3) is 0.250. The molecule has 0 aromatic carbocycles. The zero-order valence-electron chi connectivity index (χ0n) is 8.32. The molecule has 6 nitrogen and oxygen atoms in total. The van der Waals surface area contributed by atoms with E-state index < -0.39 is 39.4 Å². The lowest BCUT2D eigenvalue weighted by atomic mass is 10.2. The van der Waals surface area contributed by atoms with Crippen molar-refractivity contribution in [1.82, 2.24) is 4.98 Å². The van der Waals surface area contributed by atoms with Gasteiger partial charge in [0, 0.05) is 11.6 Å². The number of carbonyl (C=O) groups excluding carboxylic acids is 1. The number of halogens is 3. The Bertz CT molecular complexity index is 481. The number of alkyl halides is 2. The minimum Gasteiger partial charge on any atom is -0.463 e. The molecule has 17 heavy (non-hydrogen) atoms. The quantitative estimate of drug-likeness (QED) is 0.476. The van der Waals surface area contributed by atoms with Crippen LogP contribution in [-0.2, 0) is 4.74 Å². The molecule has 1 aromatic rings. The Hall–Kier alpha value is -1.83. The van der Waals surface area contributed by atoms with Gasteiger partial charge in [0.1, 0.15) is 5.02 Å². The molecule has 0 aliphatic heterocycles. The molecule has 0 saturated carbocycles. The number of carbonyl (C=O) groups is 1. The molecule has 0 bridgehead atoms. The van der Waals surface area contributed by atoms with Gasteiger partial charge in [-0.25, -0.2) is 13.6 Å². The minimum atomic E-state index is -3.06. The zero-order valence-corrected chi connectivity index (χ0v) is 9.07. The highest BCUT2D eigenvalue weighted by Crippen LogP contribution is 2.31. The molecule has 92 valence electrons. The third-order valence-electron chi connectivity index (χ3n) is 1.77. The molecule has 0 atom stereocenters. The first-order valence-electron chi connectivity index (χ1n) is 4.09. The van der Waals surface area contributed by atoms with Gasteiger partial charge in [-0.2, -0.15) is 0 Å². The van der Waals surface area contributed by atoms with Crippen LogP contribution in [-0.4, -0.2) is 23.0 Å². The molecule has 0 radical (unpaired) electrons. The van der Waals surface area contributed by atoms with Crippen LogP contribution in [0.15, 0.2) is 6.07 Å². The summed E-state index contributed by atoms with van der Waals surface area (Å²) in [6, 6.07) is 0.513. The van der Waals surface area contributed by atoms with Crippen LogP contribution in [0.4, 0.5) is 14.6 Å². The van der Waals surface area contributed by atoms with E-state index in [1.807, 2.05) is 0 Å². The van der Waals surface area contributed by atoms with Crippen molar-refractivity contribution in [1.29, 1.82) is 0 Å². The first-order chi connectivity index (χ1) is 7.88. The molecule has 0 aliphatic carbocycles. The number of hydrogen-bond donors (Lipinski definition) is 0. The van der Waals surface area contributed by atoms with Crippen LogP contribution >= 0.6 is 11.6 Å². The Morgan fingerprint density at radius 3 is 2.65 bits per heavy atom. The van der Waals surface area contributed by atoms with Gasteiger partial charge in [-0.1, -0.05) is 11.6 Å². The standard InChI is InChI=1S/C8H5ClF2N2O4/c1-17-8(14)6-5(9)3(7(10)11)2-4(12-6)13(15)16/h2,7H,1H3. The summed E-state index contributed by atoms with van der Waals surface area (Å²) in [6.07, 6.45) is -3.06. The van der Waals surface area contributed by atoms with Crippen molar-refractivity contribution < 1.29 is 23.2 Å². The van der Waals surface area contributed by atoms with Crippen LogP contribution < -0.4 is 0 Å². The average Bonchev–Trinajstić information content (AvgIpc) is 2.27. The lowest BCUT2D eigenvalue weighted by Crippen LogP contribution is -2.09. The lowest BCUT2D eigenvalue weighted by molar-refractivity contribution is -0.389. The highest BCUT2D eigenvalue weighted by molar-refractivity contribution is 6.34. The maximum Gasteiger partial charge on any atom is 0.384 e. The van der Waals surface area contributed by atoms with Crippen LogP contribution in [0.1, 0.15) is 22.5 Å². The summed E-state index contributed by atoms with van der Waals surface area (Å²) in [6.45, 7) is 0. The normalized spacial score (nSPS) is 10.4. The third-order valence-corrected chi connectivity index (χ3v) is 2.17. The second-order valence-corrected chi connectivity index (χ2v) is 3.16. The molecule has 0 N–H and O–H groups in total. The Balaban J connectivity index is 3.48. The van der Waals surface area contributed by atoms with Gasteiger partial charge in [0.25, 0.3) is 12.1 Å². The molecule has 1 rings (SSSR count). The Labute approximate surface area is 98.3 Å². The molecular formula is C8H5ClF2N2O4. The molecule has 0 spiro atoms. The van der Waals surface area contributed by atoms with E-state index in [4.69, 9.17) is 11.6 Å². The minimum absolute atomic E-state index is 0.513. The fourth-order valence-electron chi connectivity index (χ4n) is 1.02. The van der Waals surface area contributed by atoms with Crippen LogP contribution in [0.25, 0.3) is 0 Å². The van der Waals surface area contributed by atoms with E-state index in [0.717, 1.165) is 7.11 Å². The van der Waals surface area contributed by atoms with E-state index in [9.17, 15) is 23.7 Å². The molecule has 0 saturated heterocycles. The van der Waals surface area contributed by atoms with E-state index in [0.29, 0.717) is 6.07 Å². The maximum absolute atomic E-state index is 12.5. The summed E-state index contributed by atoms with van der Waals surface area (Å²) in [5.74, 6) is -2.02. The second-order valence-electron chi connectivity index (χ2n) is 2.78. The van der Waals surface area contributed by atoms with Gasteiger partial charge >= 0.3 is 11.8 Å². The van der Waals surface area contributed by atoms with Crippen molar-refractivity contribution in [2.45, 2.75) is 6.43 Å². The monoisotopic (exact) mass is 266 g/mol. The van der Waals surface area contributed by atoms with Crippen molar-refractivity contribution in [3.63, 3.8) is 0 Å². The van der Waals surface area contributed by atoms with E-state index in [2.05, 4.69) is 9.72 Å². The molecule has 1 heterocycles. The fourth-order valence-corrected chi connectivity index (χ4v) is 1.28. The summed E-state index contributed by atoms with van der Waals surface area (Å²) >= 11 is 5.49. The summed E-state index contributed by atoms with van der Waals surface area (Å²) in [7, 11) is 0.973. The van der Waals surface area contributed by atoms with E-state index in [1.165, 1.54) is 0 Å². The smallest absolute Gasteiger partial charge is 0.384 e. The number of pyridine rings is 1. The van der Waals surface area contributed by atoms with Gasteiger partial charge in [0.05, 0.1) is 7.11 Å². The number of nitro groups is 1. The van der Waals surface area contributed by atoms with Gasteiger partial charge in [0.15, 0.2) is 0 Å². The topological polar surface area (TPSA) is 82.3 Å². The van der Waals surface area contributed by atoms with Crippen molar-refractivity contribution >= 4 is 23.4 Å². The largest absolute Gasteiger partial charge is 0.463 e. The van der Waals surface area contributed by atoms with Crippen LogP contribution in [0.3, 0.4) is 0 Å². The van der Waals surface area contributed by atoms with Gasteiger partial charge in [-0.15, -0.1) is 0 Å². The maximum atomic E-state index is 12.5. The number of hydrogen-bond acceptors (Lipinski definition) is 5. The van der Waals surface area contributed by atoms with E-state index in [1.54, 1.807) is 0 Å². The highest BCUT2D eigenvalue weighted by atomic mass is 35.5. The molecule has 1 aromatic heterocycles. The van der Waals surface area contributed by atoms with Crippen molar-refractivity contribution in [2.75, 3.05) is 7.11 Å². The van der Waals surface area contributed by atoms with Crippen molar-refractivity contribution in [2.24, 2.45) is 0 Å². The summed E-state index contributed by atoms with van der Waals surface area (Å²) in [5.41, 5.74) is -1.55. The van der Waals surface area contributed by atoms with Crippen LogP contribution in [0.2, 0.25) is 5.02 Å². The number of rotatable bonds is 3. The van der Waals surface area contributed by atoms with E-state index >= 15 is 0 Å². The molecule has 0 fully saturated rings. The molecule has 0 unspecified atom stereocenters. The Morgan fingerprint density at radius 2 is 2.24 bits per heavy atom. The van der Waals surface area contributed by atoms with Crippen LogP contribution in [0, 0.1) is 10.1 Å². The molecule has 0 amide bonds. The Morgan fingerprint density at radius 1 is 1.65 bits per heavy atom. The third kappa shape index (κ3) is 2.64. The summed E-state index contributed by atoms with van der Waals surface area (Å²) in [4.78, 5) is 23.8. The zero-order chi connectivity index (χ0) is 13.2.